The number of unbranched alkanes of at least 4 members (excludes halogenated alkanes) is 5. The molecule has 3 rings (SSSR count). The van der Waals surface area contributed by atoms with E-state index in [4.69, 9.17) is 9.15 Å². The van der Waals surface area contributed by atoms with Gasteiger partial charge >= 0.3 is 0 Å². The van der Waals surface area contributed by atoms with Gasteiger partial charge in [0.25, 0.3) is 0 Å². The molecule has 1 unspecified atom stereocenters. The predicted molar refractivity (Wildman–Crippen MR) is 138 cm³/mol. The van der Waals surface area contributed by atoms with E-state index in [1.165, 1.54) is 25.7 Å². The van der Waals surface area contributed by atoms with Crippen LogP contribution in [0.2, 0.25) is 0 Å². The highest BCUT2D eigenvalue weighted by atomic mass is 16.5. The van der Waals surface area contributed by atoms with Gasteiger partial charge in [0.2, 0.25) is 11.8 Å². The predicted octanol–water partition coefficient (Wildman–Crippen LogP) is 5.88. The summed E-state index contributed by atoms with van der Waals surface area (Å²) in [6.45, 7) is 6.24. The number of nitrogens with zero attached hydrogens (tertiary/aromatic N) is 2. The minimum Gasteiger partial charge on any atom is -0.464 e. The molecule has 192 valence electrons. The van der Waals surface area contributed by atoms with E-state index in [0.29, 0.717) is 26.1 Å². The molecule has 1 aliphatic heterocycles. The summed E-state index contributed by atoms with van der Waals surface area (Å²) in [5.74, 6) is 1.55. The molecule has 6 heteroatoms. The summed E-state index contributed by atoms with van der Waals surface area (Å²) in [6, 6.07) is 13.8. The van der Waals surface area contributed by atoms with Gasteiger partial charge in [0.15, 0.2) is 0 Å². The van der Waals surface area contributed by atoms with Crippen molar-refractivity contribution in [2.24, 2.45) is 0 Å². The lowest BCUT2D eigenvalue weighted by molar-refractivity contribution is -0.142. The average molecular weight is 483 g/mol. The highest BCUT2D eigenvalue weighted by Crippen LogP contribution is 2.17. The van der Waals surface area contributed by atoms with Crippen LogP contribution in [0.5, 0.6) is 0 Å². The van der Waals surface area contributed by atoms with E-state index in [0.717, 1.165) is 49.4 Å². The first-order chi connectivity index (χ1) is 17.0. The number of furan rings is 1. The summed E-state index contributed by atoms with van der Waals surface area (Å²) >= 11 is 0. The van der Waals surface area contributed by atoms with Gasteiger partial charge in [-0.1, -0.05) is 69.4 Å². The Morgan fingerprint density at radius 1 is 0.914 bits per heavy atom. The molecule has 0 bridgehead atoms. The van der Waals surface area contributed by atoms with Gasteiger partial charge in [-0.25, -0.2) is 0 Å². The number of amides is 2. The minimum absolute atomic E-state index is 0.0200. The van der Waals surface area contributed by atoms with Crippen LogP contribution in [-0.2, 0) is 27.4 Å². The first kappa shape index (κ1) is 27.0. The average Bonchev–Trinajstić information content (AvgIpc) is 3.52. The zero-order valence-corrected chi connectivity index (χ0v) is 21.5. The molecule has 2 aromatic rings. The third-order valence-corrected chi connectivity index (χ3v) is 6.58. The van der Waals surface area contributed by atoms with Crippen LogP contribution in [0.4, 0.5) is 0 Å². The molecule has 1 aromatic carbocycles. The first-order valence-electron chi connectivity index (χ1n) is 13.3. The molecule has 0 N–H and O–H groups in total. The van der Waals surface area contributed by atoms with Crippen molar-refractivity contribution in [1.82, 2.24) is 9.80 Å². The van der Waals surface area contributed by atoms with Gasteiger partial charge in [-0.15, -0.1) is 0 Å². The second kappa shape index (κ2) is 14.7. The Morgan fingerprint density at radius 2 is 1.69 bits per heavy atom. The molecular weight excluding hydrogens is 440 g/mol. The van der Waals surface area contributed by atoms with E-state index in [9.17, 15) is 9.59 Å². The number of hydrogen-bond donors (Lipinski definition) is 0. The number of rotatable bonds is 15. The van der Waals surface area contributed by atoms with E-state index in [2.05, 4.69) is 6.92 Å². The summed E-state index contributed by atoms with van der Waals surface area (Å²) < 4.78 is 11.6. The van der Waals surface area contributed by atoms with E-state index in [1.807, 2.05) is 49.4 Å². The molecule has 0 spiro atoms. The van der Waals surface area contributed by atoms with Crippen molar-refractivity contribution in [3.05, 3.63) is 59.5 Å². The topological polar surface area (TPSA) is 63.0 Å². The van der Waals surface area contributed by atoms with Gasteiger partial charge in [0.1, 0.15) is 11.5 Å². The fraction of sp³-hybridized carbons (Fsp3) is 0.586. The highest BCUT2D eigenvalue weighted by molar-refractivity contribution is 5.85. The molecule has 0 saturated carbocycles. The van der Waals surface area contributed by atoms with Crippen molar-refractivity contribution < 1.29 is 18.7 Å². The van der Waals surface area contributed by atoms with Gasteiger partial charge in [0, 0.05) is 26.1 Å². The van der Waals surface area contributed by atoms with E-state index in [1.54, 1.807) is 9.80 Å². The molecular formula is C29H42N2O4. The standard InChI is InChI=1S/C29H42N2O4/c1-3-4-5-6-7-11-16-28(32)31(21-26-15-12-19-34-26)23-29(33)30(20-25-13-9-8-10-14-25)22-27-18-17-24(2)35-27/h8-10,13-14,17-18,26H,3-7,11-12,15-16,19-23H2,1-2H3. The second-order valence-electron chi connectivity index (χ2n) is 9.67. The van der Waals surface area contributed by atoms with E-state index in [-0.39, 0.29) is 24.5 Å². The molecule has 1 fully saturated rings. The normalized spacial score (nSPS) is 15.3. The van der Waals surface area contributed by atoms with Gasteiger partial charge in [-0.3, -0.25) is 9.59 Å². The summed E-state index contributed by atoms with van der Waals surface area (Å²) in [5.41, 5.74) is 1.05. The Labute approximate surface area is 210 Å². The third kappa shape index (κ3) is 9.52. The minimum atomic E-state index is -0.0720. The summed E-state index contributed by atoms with van der Waals surface area (Å²) in [7, 11) is 0. The van der Waals surface area contributed by atoms with Gasteiger partial charge in [-0.05, 0) is 43.9 Å². The van der Waals surface area contributed by atoms with Gasteiger partial charge in [-0.2, -0.15) is 0 Å². The van der Waals surface area contributed by atoms with Crippen LogP contribution in [-0.4, -0.2) is 47.4 Å². The largest absolute Gasteiger partial charge is 0.464 e. The fourth-order valence-corrected chi connectivity index (χ4v) is 4.56. The number of carbonyl (C=O) groups excluding carboxylic acids is 2. The fourth-order valence-electron chi connectivity index (χ4n) is 4.56. The van der Waals surface area contributed by atoms with Crippen molar-refractivity contribution in [2.75, 3.05) is 19.7 Å². The maximum absolute atomic E-state index is 13.5. The third-order valence-electron chi connectivity index (χ3n) is 6.58. The number of carbonyl (C=O) groups is 2. The monoisotopic (exact) mass is 482 g/mol. The lowest BCUT2D eigenvalue weighted by atomic mass is 10.1. The Hall–Kier alpha value is -2.60. The SMILES string of the molecule is CCCCCCCCC(=O)N(CC(=O)N(Cc1ccccc1)Cc1ccc(C)o1)CC1CCCO1. The lowest BCUT2D eigenvalue weighted by Crippen LogP contribution is -2.45. The molecule has 1 aromatic heterocycles. The maximum atomic E-state index is 13.5. The number of ether oxygens (including phenoxy) is 1. The van der Waals surface area contributed by atoms with Crippen LogP contribution in [0.25, 0.3) is 0 Å². The zero-order valence-electron chi connectivity index (χ0n) is 21.5. The summed E-state index contributed by atoms with van der Waals surface area (Å²) in [6.07, 6.45) is 9.25. The zero-order chi connectivity index (χ0) is 24.9. The van der Waals surface area contributed by atoms with Crippen molar-refractivity contribution in [3.8, 4) is 0 Å². The molecule has 0 aliphatic carbocycles. The van der Waals surface area contributed by atoms with Crippen molar-refractivity contribution in [2.45, 2.75) is 90.8 Å². The van der Waals surface area contributed by atoms with Crippen LogP contribution >= 0.6 is 0 Å². The highest BCUT2D eigenvalue weighted by Gasteiger charge is 2.26. The molecule has 1 aliphatic rings. The summed E-state index contributed by atoms with van der Waals surface area (Å²) in [4.78, 5) is 30.2. The Bertz CT molecular complexity index is 889. The van der Waals surface area contributed by atoms with Crippen LogP contribution in [0.3, 0.4) is 0 Å². The lowest BCUT2D eigenvalue weighted by Gasteiger charge is -2.29. The summed E-state index contributed by atoms with van der Waals surface area (Å²) in [5, 5.41) is 0. The smallest absolute Gasteiger partial charge is 0.242 e. The quantitative estimate of drug-likeness (QED) is 0.298. The van der Waals surface area contributed by atoms with Gasteiger partial charge in [0.05, 0.1) is 19.2 Å². The Morgan fingerprint density at radius 3 is 2.37 bits per heavy atom. The van der Waals surface area contributed by atoms with Crippen molar-refractivity contribution in [3.63, 3.8) is 0 Å². The number of benzene rings is 1. The van der Waals surface area contributed by atoms with Crippen LogP contribution in [0, 0.1) is 6.92 Å². The van der Waals surface area contributed by atoms with Crippen molar-refractivity contribution >= 4 is 11.8 Å². The number of hydrogen-bond acceptors (Lipinski definition) is 4. The van der Waals surface area contributed by atoms with Crippen LogP contribution in [0.15, 0.2) is 46.9 Å². The first-order valence-corrected chi connectivity index (χ1v) is 13.3. The number of aryl methyl sites for hydroxylation is 1. The molecule has 0 radical (unpaired) electrons. The molecule has 6 nitrogen and oxygen atoms in total. The molecule has 1 saturated heterocycles. The van der Waals surface area contributed by atoms with Crippen LogP contribution < -0.4 is 0 Å². The molecule has 35 heavy (non-hydrogen) atoms. The van der Waals surface area contributed by atoms with Gasteiger partial charge < -0.3 is 19.0 Å². The second-order valence-corrected chi connectivity index (χ2v) is 9.67. The molecule has 2 amide bonds. The maximum Gasteiger partial charge on any atom is 0.242 e. The molecule has 2 heterocycles. The van der Waals surface area contributed by atoms with E-state index >= 15 is 0 Å². The van der Waals surface area contributed by atoms with Crippen molar-refractivity contribution in [1.29, 1.82) is 0 Å². The Kier molecular flexibility index (Phi) is 11.4. The molecule has 1 atom stereocenters. The Balaban J connectivity index is 1.65. The van der Waals surface area contributed by atoms with Crippen LogP contribution in [0.1, 0.15) is 81.8 Å². The van der Waals surface area contributed by atoms with E-state index < -0.39 is 0 Å².